The van der Waals surface area contributed by atoms with Crippen molar-refractivity contribution in [2.24, 2.45) is 11.8 Å². The first-order valence-corrected chi connectivity index (χ1v) is 12.9. The summed E-state index contributed by atoms with van der Waals surface area (Å²) < 4.78 is 31.4. The number of aliphatic hydroxyl groups excluding tert-OH is 2. The Kier molecular flexibility index (Phi) is 7.36. The molecule has 0 aliphatic heterocycles. The Labute approximate surface area is 221 Å². The number of carbonyl (C=O) groups excluding carboxylic acids is 1. The van der Waals surface area contributed by atoms with Crippen LogP contribution in [0.15, 0.2) is 42.6 Å². The Hall–Kier alpha value is -3.49. The number of pyridine rings is 1. The van der Waals surface area contributed by atoms with Gasteiger partial charge in [-0.1, -0.05) is 6.07 Å². The maximum Gasteiger partial charge on any atom is 0.309 e. The fourth-order valence-electron chi connectivity index (χ4n) is 5.61. The first-order chi connectivity index (χ1) is 18.3. The van der Waals surface area contributed by atoms with E-state index in [1.165, 1.54) is 6.07 Å². The zero-order valence-corrected chi connectivity index (χ0v) is 21.7. The van der Waals surface area contributed by atoms with Crippen LogP contribution in [0.2, 0.25) is 0 Å². The molecule has 0 radical (unpaired) electrons. The van der Waals surface area contributed by atoms with Crippen LogP contribution in [0.5, 0.6) is 11.6 Å². The number of halogens is 1. The van der Waals surface area contributed by atoms with Crippen molar-refractivity contribution in [2.75, 3.05) is 19.8 Å². The average molecular weight is 522 g/mol. The van der Waals surface area contributed by atoms with E-state index in [2.05, 4.69) is 4.98 Å². The summed E-state index contributed by atoms with van der Waals surface area (Å²) in [6.07, 6.45) is 1.63. The standard InChI is InChI=1S/C30H32FNO6/c1-4-36-30(35)29-23-10-19-11-26(32-12-24(19)28(23)29)38-14-20-9-18(5-6-25(20)31)27-16(2)7-22(8-17(27)3)37-15-21(34)13-33/h5-9,11-12,21,23,28-29,33-34H,4,10,13-15H2,1-3H3/t21?,23-,28-,29+/m1/s1. The van der Waals surface area contributed by atoms with Gasteiger partial charge in [-0.25, -0.2) is 9.37 Å². The van der Waals surface area contributed by atoms with Gasteiger partial charge in [0, 0.05) is 23.7 Å². The highest BCUT2D eigenvalue weighted by atomic mass is 19.1. The van der Waals surface area contributed by atoms with Crippen molar-refractivity contribution in [1.29, 1.82) is 0 Å². The van der Waals surface area contributed by atoms with Crippen molar-refractivity contribution < 1.29 is 33.6 Å². The van der Waals surface area contributed by atoms with Gasteiger partial charge in [0.25, 0.3) is 0 Å². The minimum atomic E-state index is -0.942. The number of benzene rings is 2. The van der Waals surface area contributed by atoms with Crippen molar-refractivity contribution in [1.82, 2.24) is 4.98 Å². The van der Waals surface area contributed by atoms with Crippen LogP contribution in [0.3, 0.4) is 0 Å². The highest BCUT2D eigenvalue weighted by Gasteiger charge is 2.60. The van der Waals surface area contributed by atoms with Crippen LogP contribution in [-0.2, 0) is 22.6 Å². The number of esters is 1. The quantitative estimate of drug-likeness (QED) is 0.385. The molecule has 5 rings (SSSR count). The Balaban J connectivity index is 1.28. The fourth-order valence-corrected chi connectivity index (χ4v) is 5.61. The number of aliphatic hydroxyl groups is 2. The molecule has 2 N–H and O–H groups in total. The largest absolute Gasteiger partial charge is 0.491 e. The molecular weight excluding hydrogens is 489 g/mol. The van der Waals surface area contributed by atoms with E-state index < -0.39 is 6.10 Å². The SMILES string of the molecule is CCOC(=O)[C@H]1[C@@H]2Cc3cc(OCc4cc(-c5c(C)cc(OCC(O)CO)cc5C)ccc4F)ncc3[C@@H]21. The maximum atomic E-state index is 14.7. The molecule has 2 aliphatic rings. The lowest BCUT2D eigenvalue weighted by Gasteiger charge is -2.16. The van der Waals surface area contributed by atoms with Crippen LogP contribution in [0.4, 0.5) is 4.39 Å². The molecule has 200 valence electrons. The summed E-state index contributed by atoms with van der Waals surface area (Å²) >= 11 is 0. The van der Waals surface area contributed by atoms with Crippen molar-refractivity contribution in [2.45, 2.75) is 45.8 Å². The molecule has 0 saturated heterocycles. The molecule has 2 aliphatic carbocycles. The summed E-state index contributed by atoms with van der Waals surface area (Å²) in [6.45, 7) is 5.76. The zero-order chi connectivity index (χ0) is 27.0. The van der Waals surface area contributed by atoms with Gasteiger partial charge in [-0.2, -0.15) is 0 Å². The lowest BCUT2D eigenvalue weighted by Crippen LogP contribution is -2.21. The van der Waals surface area contributed by atoms with Gasteiger partial charge in [0.1, 0.15) is 30.9 Å². The predicted octanol–water partition coefficient (Wildman–Crippen LogP) is 4.26. The lowest BCUT2D eigenvalue weighted by atomic mass is 9.94. The number of nitrogens with zero attached hydrogens (tertiary/aromatic N) is 1. The van der Waals surface area contributed by atoms with Crippen molar-refractivity contribution >= 4 is 5.97 Å². The number of rotatable bonds is 10. The van der Waals surface area contributed by atoms with E-state index in [1.54, 1.807) is 18.3 Å². The molecule has 8 heteroatoms. The maximum absolute atomic E-state index is 14.7. The third-order valence-electron chi connectivity index (χ3n) is 7.41. The van der Waals surface area contributed by atoms with Crippen LogP contribution < -0.4 is 9.47 Å². The molecule has 1 fully saturated rings. The number of carbonyl (C=O) groups is 1. The highest BCUT2D eigenvalue weighted by molar-refractivity contribution is 5.79. The third-order valence-corrected chi connectivity index (χ3v) is 7.41. The van der Waals surface area contributed by atoms with Crippen molar-refractivity contribution in [3.63, 3.8) is 0 Å². The molecule has 0 bridgehead atoms. The second-order valence-corrected chi connectivity index (χ2v) is 10.1. The van der Waals surface area contributed by atoms with Crippen LogP contribution in [0, 0.1) is 31.5 Å². The summed E-state index contributed by atoms with van der Waals surface area (Å²) in [5.41, 5.74) is 6.33. The van der Waals surface area contributed by atoms with E-state index >= 15 is 0 Å². The van der Waals surface area contributed by atoms with Gasteiger partial charge in [0.15, 0.2) is 0 Å². The topological polar surface area (TPSA) is 98.1 Å². The van der Waals surface area contributed by atoms with Crippen molar-refractivity contribution in [3.05, 3.63) is 76.2 Å². The van der Waals surface area contributed by atoms with Gasteiger partial charge >= 0.3 is 5.97 Å². The molecule has 1 unspecified atom stereocenters. The van der Waals surface area contributed by atoms with E-state index in [0.29, 0.717) is 23.8 Å². The molecule has 4 atom stereocenters. The summed E-state index contributed by atoms with van der Waals surface area (Å²) in [4.78, 5) is 16.5. The van der Waals surface area contributed by atoms with Crippen LogP contribution in [-0.4, -0.2) is 47.1 Å². The van der Waals surface area contributed by atoms with Gasteiger partial charge in [-0.05, 0) is 90.8 Å². The van der Waals surface area contributed by atoms with E-state index in [9.17, 15) is 14.3 Å². The molecule has 38 heavy (non-hydrogen) atoms. The summed E-state index contributed by atoms with van der Waals surface area (Å²) in [5.74, 6) is 0.935. The monoisotopic (exact) mass is 521 g/mol. The zero-order valence-electron chi connectivity index (χ0n) is 21.7. The average Bonchev–Trinajstić information content (AvgIpc) is 3.48. The Morgan fingerprint density at radius 1 is 1.16 bits per heavy atom. The van der Waals surface area contributed by atoms with Crippen LogP contribution in [0.25, 0.3) is 11.1 Å². The first-order valence-electron chi connectivity index (χ1n) is 12.9. The van der Waals surface area contributed by atoms with Gasteiger partial charge in [0.05, 0.1) is 19.1 Å². The number of aryl methyl sites for hydroxylation is 2. The van der Waals surface area contributed by atoms with Crippen LogP contribution in [0.1, 0.15) is 40.7 Å². The Morgan fingerprint density at radius 3 is 2.63 bits per heavy atom. The molecule has 2 aromatic carbocycles. The number of aromatic nitrogens is 1. The summed E-state index contributed by atoms with van der Waals surface area (Å²) in [7, 11) is 0. The lowest BCUT2D eigenvalue weighted by molar-refractivity contribution is -0.145. The molecule has 0 amide bonds. The molecule has 3 aromatic rings. The predicted molar refractivity (Wildman–Crippen MR) is 139 cm³/mol. The summed E-state index contributed by atoms with van der Waals surface area (Å²) in [6, 6.07) is 10.6. The number of hydrogen-bond donors (Lipinski definition) is 2. The minimum absolute atomic E-state index is 0.00319. The van der Waals surface area contributed by atoms with Gasteiger partial charge in [0.2, 0.25) is 5.88 Å². The fraction of sp³-hybridized carbons (Fsp3) is 0.400. The minimum Gasteiger partial charge on any atom is -0.491 e. The normalized spacial score (nSPS) is 19.9. The van der Waals surface area contributed by atoms with Gasteiger partial charge < -0.3 is 24.4 Å². The molecule has 7 nitrogen and oxygen atoms in total. The van der Waals surface area contributed by atoms with Gasteiger partial charge in [-0.3, -0.25) is 4.79 Å². The Bertz CT molecular complexity index is 1340. The van der Waals surface area contributed by atoms with E-state index in [0.717, 1.165) is 39.8 Å². The number of ether oxygens (including phenoxy) is 3. The van der Waals surface area contributed by atoms with Crippen LogP contribution >= 0.6 is 0 Å². The molecular formula is C30H32FNO6. The second kappa shape index (κ2) is 10.7. The first kappa shape index (κ1) is 26.1. The molecule has 1 saturated carbocycles. The van der Waals surface area contributed by atoms with E-state index in [1.807, 2.05) is 39.0 Å². The number of hydrogen-bond acceptors (Lipinski definition) is 7. The number of fused-ring (bicyclic) bond motifs is 3. The summed E-state index contributed by atoms with van der Waals surface area (Å²) in [5, 5.41) is 18.5. The van der Waals surface area contributed by atoms with Crippen molar-refractivity contribution in [3.8, 4) is 22.8 Å². The third kappa shape index (κ3) is 5.11. The van der Waals surface area contributed by atoms with E-state index in [4.69, 9.17) is 19.3 Å². The Morgan fingerprint density at radius 2 is 1.92 bits per heavy atom. The van der Waals surface area contributed by atoms with E-state index in [-0.39, 0.29) is 49.4 Å². The molecule has 0 spiro atoms. The molecule has 1 aromatic heterocycles. The van der Waals surface area contributed by atoms with Gasteiger partial charge in [-0.15, -0.1) is 0 Å². The smallest absolute Gasteiger partial charge is 0.309 e. The molecule has 1 heterocycles. The second-order valence-electron chi connectivity index (χ2n) is 10.1. The highest BCUT2D eigenvalue weighted by Crippen LogP contribution is 2.61.